The van der Waals surface area contributed by atoms with Crippen molar-refractivity contribution < 1.29 is 32.5 Å². The smallest absolute Gasteiger partial charge is 0.444 e. The van der Waals surface area contributed by atoms with E-state index in [9.17, 15) is 23.1 Å². The van der Waals surface area contributed by atoms with Crippen molar-refractivity contribution in [2.24, 2.45) is 4.99 Å². The lowest BCUT2D eigenvalue weighted by molar-refractivity contribution is -0.274. The number of ether oxygens (including phenoxy) is 2. The van der Waals surface area contributed by atoms with Gasteiger partial charge in [0, 0.05) is 19.4 Å². The van der Waals surface area contributed by atoms with Crippen LogP contribution < -0.4 is 10.1 Å². The molecule has 0 saturated heterocycles. The predicted octanol–water partition coefficient (Wildman–Crippen LogP) is 7.18. The lowest BCUT2D eigenvalue weighted by atomic mass is 9.91. The summed E-state index contributed by atoms with van der Waals surface area (Å²) in [6, 6.07) is 7.42. The van der Waals surface area contributed by atoms with E-state index in [2.05, 4.69) is 15.0 Å². The van der Waals surface area contributed by atoms with Gasteiger partial charge in [-0.25, -0.2) is 4.79 Å². The second kappa shape index (κ2) is 12.8. The Balaban J connectivity index is 2.59. The highest BCUT2D eigenvalue weighted by Gasteiger charge is 2.31. The highest BCUT2D eigenvalue weighted by molar-refractivity contribution is 5.82. The highest BCUT2D eigenvalue weighted by atomic mass is 19.4. The van der Waals surface area contributed by atoms with Gasteiger partial charge >= 0.3 is 12.5 Å². The number of alkyl halides is 3. The van der Waals surface area contributed by atoms with Crippen LogP contribution in [0.25, 0.3) is 11.1 Å². The van der Waals surface area contributed by atoms with Crippen molar-refractivity contribution in [1.82, 2.24) is 5.32 Å². The Morgan fingerprint density at radius 3 is 2.35 bits per heavy atom. The molecule has 37 heavy (non-hydrogen) atoms. The number of allylic oxidation sites excluding steroid dienone is 2. The van der Waals surface area contributed by atoms with Crippen LogP contribution in [0.5, 0.6) is 5.75 Å². The van der Waals surface area contributed by atoms with E-state index in [0.29, 0.717) is 23.2 Å². The number of nitrogens with one attached hydrogen (secondary N) is 1. The van der Waals surface area contributed by atoms with E-state index in [1.807, 2.05) is 32.9 Å². The number of aliphatic hydroxyl groups is 1. The highest BCUT2D eigenvalue weighted by Crippen LogP contribution is 2.37. The van der Waals surface area contributed by atoms with E-state index in [1.165, 1.54) is 24.3 Å². The summed E-state index contributed by atoms with van der Waals surface area (Å²) < 4.78 is 47.1. The Kier molecular flexibility index (Phi) is 10.3. The zero-order valence-electron chi connectivity index (χ0n) is 22.1. The lowest BCUT2D eigenvalue weighted by Gasteiger charge is -2.21. The van der Waals surface area contributed by atoms with Gasteiger partial charge < -0.3 is 19.9 Å². The van der Waals surface area contributed by atoms with Crippen LogP contribution in [0, 0.1) is 6.92 Å². The Morgan fingerprint density at radius 1 is 1.16 bits per heavy atom. The molecule has 0 radical (unpaired) electrons. The third-order valence-corrected chi connectivity index (χ3v) is 5.45. The summed E-state index contributed by atoms with van der Waals surface area (Å²) in [7, 11) is 0. The van der Waals surface area contributed by atoms with Gasteiger partial charge in [0.2, 0.25) is 0 Å². The predicted molar refractivity (Wildman–Crippen MR) is 139 cm³/mol. The van der Waals surface area contributed by atoms with Crippen LogP contribution in [0.4, 0.5) is 23.7 Å². The largest absolute Gasteiger partial charge is 0.573 e. The molecule has 2 aromatic rings. The minimum atomic E-state index is -4.78. The molecule has 2 rings (SSSR count). The molecular formula is C28H35F3N2O4. The summed E-state index contributed by atoms with van der Waals surface area (Å²) >= 11 is 0. The molecule has 0 heterocycles. The van der Waals surface area contributed by atoms with Gasteiger partial charge in [0.15, 0.2) is 0 Å². The number of aliphatic hydroxyl groups excluding tert-OH is 1. The fourth-order valence-corrected chi connectivity index (χ4v) is 3.57. The summed E-state index contributed by atoms with van der Waals surface area (Å²) in [6.45, 7) is 11.2. The van der Waals surface area contributed by atoms with Crippen molar-refractivity contribution in [2.75, 3.05) is 6.61 Å². The minimum Gasteiger partial charge on any atom is -0.444 e. The molecular weight excluding hydrogens is 485 g/mol. The average Bonchev–Trinajstić information content (AvgIpc) is 2.78. The van der Waals surface area contributed by atoms with Crippen LogP contribution in [-0.4, -0.2) is 36.0 Å². The quantitative estimate of drug-likeness (QED) is 0.343. The molecule has 0 bridgehead atoms. The summed E-state index contributed by atoms with van der Waals surface area (Å²) in [5, 5.41) is 12.5. The second-order valence-corrected chi connectivity index (χ2v) is 9.58. The summed E-state index contributed by atoms with van der Waals surface area (Å²) in [6.07, 6.45) is -0.617. The number of rotatable bonds is 9. The standard InChI is InChI=1S/C28H35F3N2O4/c1-7-18(2)12-14-32-25-19(3)24(20-8-10-22(11-9-20)36-28(29,30)31)16-21(23(25)13-15-34)17-33-26(35)37-27(4,5)6/h8-12,14,16,34H,7,13,15,17H2,1-6H3,(H,33,35)/b18-12+,32-14?. The zero-order chi connectivity index (χ0) is 27.8. The number of aliphatic imine (C=N–C) groups is 1. The molecule has 0 aliphatic carbocycles. The zero-order valence-corrected chi connectivity index (χ0v) is 22.1. The first-order chi connectivity index (χ1) is 17.2. The third kappa shape index (κ3) is 9.57. The maximum absolute atomic E-state index is 12.6. The Bertz CT molecular complexity index is 1130. The van der Waals surface area contributed by atoms with Gasteiger partial charge in [0.05, 0.1) is 5.69 Å². The van der Waals surface area contributed by atoms with Crippen molar-refractivity contribution in [3.63, 3.8) is 0 Å². The number of alkyl carbamates (subject to hydrolysis) is 1. The maximum Gasteiger partial charge on any atom is 0.573 e. The Labute approximate surface area is 216 Å². The first-order valence-electron chi connectivity index (χ1n) is 12.0. The maximum atomic E-state index is 12.6. The molecule has 0 aliphatic heterocycles. The lowest BCUT2D eigenvalue weighted by Crippen LogP contribution is -2.32. The van der Waals surface area contributed by atoms with Crippen molar-refractivity contribution >= 4 is 18.0 Å². The van der Waals surface area contributed by atoms with Crippen LogP contribution in [0.1, 0.15) is 57.7 Å². The van der Waals surface area contributed by atoms with E-state index in [-0.39, 0.29) is 18.9 Å². The first-order valence-corrected chi connectivity index (χ1v) is 12.0. The van der Waals surface area contributed by atoms with Crippen LogP contribution in [0.3, 0.4) is 0 Å². The summed E-state index contributed by atoms with van der Waals surface area (Å²) in [5.74, 6) is -0.323. The molecule has 202 valence electrons. The molecule has 0 aliphatic rings. The number of carbonyl (C=O) groups excluding carboxylic acids is 1. The molecule has 0 spiro atoms. The van der Waals surface area contributed by atoms with Crippen molar-refractivity contribution in [3.8, 4) is 16.9 Å². The summed E-state index contributed by atoms with van der Waals surface area (Å²) in [4.78, 5) is 17.0. The SMILES string of the molecule is CC/C(C)=C/C=Nc1c(C)c(-c2ccc(OC(F)(F)F)cc2)cc(CNC(=O)OC(C)(C)C)c1CCO. The Hall–Kier alpha value is -3.33. The van der Waals surface area contributed by atoms with Gasteiger partial charge in [0.1, 0.15) is 11.4 Å². The van der Waals surface area contributed by atoms with E-state index >= 15 is 0 Å². The molecule has 9 heteroatoms. The second-order valence-electron chi connectivity index (χ2n) is 9.58. The van der Waals surface area contributed by atoms with Crippen LogP contribution in [0.2, 0.25) is 0 Å². The van der Waals surface area contributed by atoms with Crippen molar-refractivity contribution in [2.45, 2.75) is 72.9 Å². The molecule has 0 unspecified atom stereocenters. The van der Waals surface area contributed by atoms with Gasteiger partial charge in [-0.1, -0.05) is 24.6 Å². The minimum absolute atomic E-state index is 0.110. The van der Waals surface area contributed by atoms with Crippen molar-refractivity contribution in [3.05, 3.63) is 58.7 Å². The normalized spacial score (nSPS) is 12.6. The molecule has 2 N–H and O–H groups in total. The molecule has 6 nitrogen and oxygen atoms in total. The first kappa shape index (κ1) is 29.9. The monoisotopic (exact) mass is 520 g/mol. The molecule has 0 atom stereocenters. The van der Waals surface area contributed by atoms with E-state index in [4.69, 9.17) is 4.74 Å². The fraction of sp³-hybridized carbons (Fsp3) is 0.429. The topological polar surface area (TPSA) is 80.2 Å². The third-order valence-electron chi connectivity index (χ3n) is 5.45. The van der Waals surface area contributed by atoms with Gasteiger partial charge in [-0.2, -0.15) is 0 Å². The number of hydrogen-bond acceptors (Lipinski definition) is 5. The van der Waals surface area contributed by atoms with Gasteiger partial charge in [-0.05, 0) is 99.6 Å². The van der Waals surface area contributed by atoms with Crippen molar-refractivity contribution in [1.29, 1.82) is 0 Å². The van der Waals surface area contributed by atoms with Gasteiger partial charge in [-0.15, -0.1) is 13.2 Å². The van der Waals surface area contributed by atoms with E-state index in [0.717, 1.165) is 28.7 Å². The molecule has 1 amide bonds. The molecule has 0 aromatic heterocycles. The van der Waals surface area contributed by atoms with E-state index < -0.39 is 18.1 Å². The number of nitrogens with zero attached hydrogens (tertiary/aromatic N) is 1. The number of benzene rings is 2. The van der Waals surface area contributed by atoms with Gasteiger partial charge in [0.25, 0.3) is 0 Å². The van der Waals surface area contributed by atoms with Gasteiger partial charge in [-0.3, -0.25) is 4.99 Å². The Morgan fingerprint density at radius 2 is 1.81 bits per heavy atom. The fourth-order valence-electron chi connectivity index (χ4n) is 3.57. The molecule has 0 fully saturated rings. The number of carbonyl (C=O) groups is 1. The number of halogens is 3. The average molecular weight is 521 g/mol. The van der Waals surface area contributed by atoms with Crippen LogP contribution in [-0.2, 0) is 17.7 Å². The molecule has 2 aromatic carbocycles. The number of amides is 1. The van der Waals surface area contributed by atoms with E-state index in [1.54, 1.807) is 27.0 Å². The van der Waals surface area contributed by atoms with Crippen LogP contribution >= 0.6 is 0 Å². The molecule has 0 saturated carbocycles. The summed E-state index contributed by atoms with van der Waals surface area (Å²) in [5.41, 5.74) is 4.72. The van der Waals surface area contributed by atoms with Crippen LogP contribution in [0.15, 0.2) is 47.0 Å². The number of hydrogen-bond donors (Lipinski definition) is 2.